The predicted octanol–water partition coefficient (Wildman–Crippen LogP) is 2.13. The molecule has 0 bridgehead atoms. The molecule has 1 heterocycles. The number of ketones is 1. The zero-order valence-electron chi connectivity index (χ0n) is 9.31. The summed E-state index contributed by atoms with van der Waals surface area (Å²) in [4.78, 5) is 12.0. The summed E-state index contributed by atoms with van der Waals surface area (Å²) in [5.41, 5.74) is 0.361. The Morgan fingerprint density at radius 2 is 2.21 bits per heavy atom. The van der Waals surface area contributed by atoms with E-state index in [2.05, 4.69) is 19.2 Å². The monoisotopic (exact) mass is 195 g/mol. The molecular weight excluding hydrogens is 174 g/mol. The average molecular weight is 195 g/mol. The van der Waals surface area contributed by atoms with Gasteiger partial charge in [-0.05, 0) is 38.1 Å². The fraction of sp³-hybridized carbons (Fsp3) is 0.917. The zero-order chi connectivity index (χ0) is 10.2. The van der Waals surface area contributed by atoms with Crippen molar-refractivity contribution >= 4 is 5.78 Å². The van der Waals surface area contributed by atoms with Gasteiger partial charge in [0.25, 0.3) is 0 Å². The smallest absolute Gasteiger partial charge is 0.138 e. The summed E-state index contributed by atoms with van der Waals surface area (Å²) in [7, 11) is 0. The highest BCUT2D eigenvalue weighted by molar-refractivity contribution is 5.82. The lowest BCUT2D eigenvalue weighted by atomic mass is 9.66. The summed E-state index contributed by atoms with van der Waals surface area (Å²) in [5.74, 6) is 0.803. The zero-order valence-corrected chi connectivity index (χ0v) is 9.31. The standard InChI is InChI=1S/C12H21NO/c1-9-10(4-7-13-9)11(14)8-12(2)5-3-6-12/h9-10,13H,3-8H2,1-2H3. The van der Waals surface area contributed by atoms with Crippen LogP contribution in [0.3, 0.4) is 0 Å². The van der Waals surface area contributed by atoms with Crippen molar-refractivity contribution in [3.05, 3.63) is 0 Å². The summed E-state index contributed by atoms with van der Waals surface area (Å²) in [5, 5.41) is 3.35. The average Bonchev–Trinajstić information content (AvgIpc) is 2.48. The molecule has 0 radical (unpaired) electrons. The van der Waals surface area contributed by atoms with Crippen molar-refractivity contribution in [2.24, 2.45) is 11.3 Å². The van der Waals surface area contributed by atoms with Gasteiger partial charge in [-0.15, -0.1) is 0 Å². The molecule has 80 valence electrons. The van der Waals surface area contributed by atoms with E-state index in [4.69, 9.17) is 0 Å². The van der Waals surface area contributed by atoms with Crippen LogP contribution in [0.25, 0.3) is 0 Å². The van der Waals surface area contributed by atoms with E-state index in [1.54, 1.807) is 0 Å². The maximum Gasteiger partial charge on any atom is 0.138 e. The van der Waals surface area contributed by atoms with Crippen molar-refractivity contribution in [2.45, 2.75) is 52.0 Å². The summed E-state index contributed by atoms with van der Waals surface area (Å²) in [6, 6.07) is 0.408. The normalized spacial score (nSPS) is 35.3. The molecule has 0 spiro atoms. The van der Waals surface area contributed by atoms with E-state index >= 15 is 0 Å². The number of Topliss-reactive ketones (excluding diaryl/α,β-unsaturated/α-hetero) is 1. The minimum Gasteiger partial charge on any atom is -0.314 e. The Bertz CT molecular complexity index is 232. The Hall–Kier alpha value is -0.370. The predicted molar refractivity (Wildman–Crippen MR) is 57.2 cm³/mol. The van der Waals surface area contributed by atoms with Gasteiger partial charge >= 0.3 is 0 Å². The molecule has 2 rings (SSSR count). The van der Waals surface area contributed by atoms with E-state index in [1.165, 1.54) is 19.3 Å². The van der Waals surface area contributed by atoms with Crippen LogP contribution in [0.2, 0.25) is 0 Å². The van der Waals surface area contributed by atoms with Crippen LogP contribution >= 0.6 is 0 Å². The van der Waals surface area contributed by atoms with Crippen LogP contribution in [0.4, 0.5) is 0 Å². The van der Waals surface area contributed by atoms with Crippen LogP contribution in [0.15, 0.2) is 0 Å². The molecule has 1 saturated carbocycles. The van der Waals surface area contributed by atoms with Gasteiger partial charge in [-0.1, -0.05) is 13.3 Å². The molecule has 1 saturated heterocycles. The van der Waals surface area contributed by atoms with E-state index in [0.29, 0.717) is 23.2 Å². The molecule has 0 aromatic rings. The summed E-state index contributed by atoms with van der Waals surface area (Å²) in [6.45, 7) is 5.43. The lowest BCUT2D eigenvalue weighted by molar-refractivity contribution is -0.126. The van der Waals surface area contributed by atoms with Gasteiger partial charge in [0.2, 0.25) is 0 Å². The highest BCUT2D eigenvalue weighted by Gasteiger charge is 2.38. The topological polar surface area (TPSA) is 29.1 Å². The summed E-state index contributed by atoms with van der Waals surface area (Å²) < 4.78 is 0. The van der Waals surface area contributed by atoms with Gasteiger partial charge in [0.15, 0.2) is 0 Å². The van der Waals surface area contributed by atoms with E-state index in [0.717, 1.165) is 19.4 Å². The fourth-order valence-electron chi connectivity index (χ4n) is 2.81. The Morgan fingerprint density at radius 1 is 1.50 bits per heavy atom. The number of nitrogens with one attached hydrogen (secondary N) is 1. The minimum atomic E-state index is 0.299. The maximum atomic E-state index is 12.0. The van der Waals surface area contributed by atoms with Crippen molar-refractivity contribution < 1.29 is 4.79 Å². The summed E-state index contributed by atoms with van der Waals surface area (Å²) >= 11 is 0. The van der Waals surface area contributed by atoms with E-state index < -0.39 is 0 Å². The van der Waals surface area contributed by atoms with Crippen LogP contribution in [-0.2, 0) is 4.79 Å². The Kier molecular flexibility index (Phi) is 2.65. The van der Waals surface area contributed by atoms with Gasteiger partial charge in [0, 0.05) is 18.4 Å². The molecular formula is C12H21NO. The number of hydrogen-bond acceptors (Lipinski definition) is 2. The number of carbonyl (C=O) groups excluding carboxylic acids is 1. The maximum absolute atomic E-state index is 12.0. The molecule has 2 aliphatic rings. The van der Waals surface area contributed by atoms with Crippen molar-refractivity contribution in [2.75, 3.05) is 6.54 Å². The molecule has 0 amide bonds. The van der Waals surface area contributed by atoms with Crippen LogP contribution in [0, 0.1) is 11.3 Å². The molecule has 1 aliphatic carbocycles. The molecule has 1 N–H and O–H groups in total. The molecule has 2 nitrogen and oxygen atoms in total. The molecule has 0 aromatic heterocycles. The number of hydrogen-bond donors (Lipinski definition) is 1. The molecule has 2 unspecified atom stereocenters. The largest absolute Gasteiger partial charge is 0.314 e. The second-order valence-corrected chi connectivity index (χ2v) is 5.45. The first kappa shape index (κ1) is 10.2. The first-order valence-corrected chi connectivity index (χ1v) is 5.87. The minimum absolute atomic E-state index is 0.299. The van der Waals surface area contributed by atoms with Gasteiger partial charge in [0.1, 0.15) is 5.78 Å². The lowest BCUT2D eigenvalue weighted by Gasteiger charge is -2.38. The summed E-state index contributed by atoms with van der Waals surface area (Å²) in [6.07, 6.45) is 5.71. The highest BCUT2D eigenvalue weighted by Crippen LogP contribution is 2.44. The quantitative estimate of drug-likeness (QED) is 0.747. The van der Waals surface area contributed by atoms with Gasteiger partial charge in [-0.3, -0.25) is 4.79 Å². The van der Waals surface area contributed by atoms with Gasteiger partial charge in [-0.25, -0.2) is 0 Å². The second-order valence-electron chi connectivity index (χ2n) is 5.45. The Labute approximate surface area is 86.5 Å². The first-order chi connectivity index (χ1) is 6.61. The molecule has 1 aliphatic heterocycles. The highest BCUT2D eigenvalue weighted by atomic mass is 16.1. The number of rotatable bonds is 3. The van der Waals surface area contributed by atoms with Gasteiger partial charge < -0.3 is 5.32 Å². The molecule has 2 heteroatoms. The Balaban J connectivity index is 1.88. The SMILES string of the molecule is CC1NCCC1C(=O)CC1(C)CCC1. The molecule has 2 atom stereocenters. The van der Waals surface area contributed by atoms with Gasteiger partial charge in [0.05, 0.1) is 0 Å². The van der Waals surface area contributed by atoms with E-state index in [-0.39, 0.29) is 0 Å². The van der Waals surface area contributed by atoms with Crippen molar-refractivity contribution in [1.29, 1.82) is 0 Å². The van der Waals surface area contributed by atoms with Crippen LogP contribution < -0.4 is 5.32 Å². The Morgan fingerprint density at radius 3 is 2.64 bits per heavy atom. The second kappa shape index (κ2) is 3.65. The molecule has 14 heavy (non-hydrogen) atoms. The van der Waals surface area contributed by atoms with E-state index in [9.17, 15) is 4.79 Å². The van der Waals surface area contributed by atoms with Crippen molar-refractivity contribution in [1.82, 2.24) is 5.32 Å². The van der Waals surface area contributed by atoms with Crippen LogP contribution in [-0.4, -0.2) is 18.4 Å². The third-order valence-electron chi connectivity index (χ3n) is 4.10. The van der Waals surface area contributed by atoms with Crippen LogP contribution in [0.5, 0.6) is 0 Å². The molecule has 2 fully saturated rings. The van der Waals surface area contributed by atoms with Gasteiger partial charge in [-0.2, -0.15) is 0 Å². The first-order valence-electron chi connectivity index (χ1n) is 5.87. The third-order valence-corrected chi connectivity index (χ3v) is 4.10. The third kappa shape index (κ3) is 1.85. The number of carbonyl (C=O) groups is 1. The van der Waals surface area contributed by atoms with Crippen molar-refractivity contribution in [3.8, 4) is 0 Å². The van der Waals surface area contributed by atoms with Crippen molar-refractivity contribution in [3.63, 3.8) is 0 Å². The molecule has 0 aromatic carbocycles. The van der Waals surface area contributed by atoms with Crippen LogP contribution in [0.1, 0.15) is 46.0 Å². The van der Waals surface area contributed by atoms with E-state index in [1.807, 2.05) is 0 Å². The fourth-order valence-corrected chi connectivity index (χ4v) is 2.81. The lowest BCUT2D eigenvalue weighted by Crippen LogP contribution is -2.34.